The van der Waals surface area contributed by atoms with E-state index in [0.29, 0.717) is 24.5 Å². The lowest BCUT2D eigenvalue weighted by Gasteiger charge is -2.14. The molecule has 0 aliphatic carbocycles. The van der Waals surface area contributed by atoms with E-state index in [4.69, 9.17) is 21.7 Å². The molecule has 1 aromatic rings. The number of carbonyl (C=O) groups is 1. The van der Waals surface area contributed by atoms with Crippen LogP contribution in [0.5, 0.6) is 0 Å². The van der Waals surface area contributed by atoms with Crippen LogP contribution in [0.4, 0.5) is 20.6 Å². The van der Waals surface area contributed by atoms with Crippen LogP contribution in [0.1, 0.15) is 0 Å². The number of carbonyl (C=O) groups excluding carboxylic acids is 1. The van der Waals surface area contributed by atoms with Crippen molar-refractivity contribution >= 4 is 34.9 Å². The molecule has 1 heterocycles. The first-order valence-corrected chi connectivity index (χ1v) is 6.73. The molecule has 2 rings (SSSR count). The van der Waals surface area contributed by atoms with Gasteiger partial charge in [0.25, 0.3) is 5.17 Å². The van der Waals surface area contributed by atoms with Gasteiger partial charge in [-0.3, -0.25) is 4.90 Å². The summed E-state index contributed by atoms with van der Waals surface area (Å²) in [5.41, 5.74) is 0.822. The van der Waals surface area contributed by atoms with Crippen molar-refractivity contribution in [2.45, 2.75) is 6.10 Å². The Kier molecular flexibility index (Phi) is 4.79. The van der Waals surface area contributed by atoms with Crippen molar-refractivity contribution < 1.29 is 18.7 Å². The van der Waals surface area contributed by atoms with Gasteiger partial charge in [-0.05, 0) is 30.4 Å². The maximum absolute atomic E-state index is 13.7. The van der Waals surface area contributed by atoms with E-state index < -0.39 is 11.9 Å². The van der Waals surface area contributed by atoms with E-state index in [2.05, 4.69) is 10.6 Å². The zero-order chi connectivity index (χ0) is 15.4. The third-order valence-electron chi connectivity index (χ3n) is 3.07. The third-order valence-corrected chi connectivity index (χ3v) is 3.38. The first kappa shape index (κ1) is 15.3. The zero-order valence-corrected chi connectivity index (χ0v) is 12.5. The summed E-state index contributed by atoms with van der Waals surface area (Å²) in [6.45, 7) is 0.655. The lowest BCUT2D eigenvalue weighted by Crippen LogP contribution is -2.34. The highest BCUT2D eigenvalue weighted by Crippen LogP contribution is 2.25. The predicted octanol–water partition coefficient (Wildman–Crippen LogP) is 1.71. The molecule has 0 saturated carbocycles. The number of ether oxygens (including phenoxy) is 2. The van der Waals surface area contributed by atoms with Crippen LogP contribution in [0.2, 0.25) is 0 Å². The van der Waals surface area contributed by atoms with Gasteiger partial charge in [0.2, 0.25) is 0 Å². The average molecular weight is 313 g/mol. The number of benzene rings is 1. The summed E-state index contributed by atoms with van der Waals surface area (Å²) in [5, 5.41) is 5.77. The van der Waals surface area contributed by atoms with Gasteiger partial charge < -0.3 is 20.1 Å². The van der Waals surface area contributed by atoms with Crippen molar-refractivity contribution in [3.05, 3.63) is 24.0 Å². The number of hydrogen-bond acceptors (Lipinski definition) is 5. The average Bonchev–Trinajstić information content (AvgIpc) is 2.85. The zero-order valence-electron chi connectivity index (χ0n) is 11.7. The number of cyclic esters (lactones) is 1. The molecule has 8 heteroatoms. The molecule has 1 unspecified atom stereocenters. The quantitative estimate of drug-likeness (QED) is 0.825. The fraction of sp³-hybridized carbons (Fsp3) is 0.385. The lowest BCUT2D eigenvalue weighted by molar-refractivity contribution is 0.142. The SMILES string of the molecule is CNc1ccc(N2CC(CNC(=S)OC)OC2=O)cc1F. The van der Waals surface area contributed by atoms with E-state index in [1.807, 2.05) is 0 Å². The molecule has 2 N–H and O–H groups in total. The van der Waals surface area contributed by atoms with Crippen molar-refractivity contribution in [1.29, 1.82) is 0 Å². The van der Waals surface area contributed by atoms with E-state index >= 15 is 0 Å². The number of anilines is 2. The molecule has 1 aromatic carbocycles. The third kappa shape index (κ3) is 3.52. The highest BCUT2D eigenvalue weighted by Gasteiger charge is 2.32. The van der Waals surface area contributed by atoms with Crippen LogP contribution in [0.25, 0.3) is 0 Å². The number of rotatable bonds is 4. The molecule has 1 atom stereocenters. The minimum atomic E-state index is -0.512. The monoisotopic (exact) mass is 313 g/mol. The molecule has 1 saturated heterocycles. The number of methoxy groups -OCH3 is 1. The van der Waals surface area contributed by atoms with Crippen LogP contribution < -0.4 is 15.5 Å². The Morgan fingerprint density at radius 1 is 1.62 bits per heavy atom. The molecule has 6 nitrogen and oxygen atoms in total. The highest BCUT2D eigenvalue weighted by atomic mass is 32.1. The normalized spacial score (nSPS) is 17.4. The first-order chi connectivity index (χ1) is 10.0. The minimum absolute atomic E-state index is 0.230. The van der Waals surface area contributed by atoms with Gasteiger partial charge in [-0.2, -0.15) is 0 Å². The molecule has 0 radical (unpaired) electrons. The summed E-state index contributed by atoms with van der Waals surface area (Å²) in [7, 11) is 3.08. The number of nitrogens with one attached hydrogen (secondary N) is 2. The van der Waals surface area contributed by atoms with Gasteiger partial charge in [-0.1, -0.05) is 0 Å². The Balaban J connectivity index is 2.03. The van der Waals surface area contributed by atoms with Crippen molar-refractivity contribution in [2.24, 2.45) is 0 Å². The Bertz CT molecular complexity index is 555. The molecular formula is C13H16FN3O3S. The molecule has 1 fully saturated rings. The highest BCUT2D eigenvalue weighted by molar-refractivity contribution is 7.80. The second-order valence-corrected chi connectivity index (χ2v) is 4.77. The molecule has 0 spiro atoms. The van der Waals surface area contributed by atoms with Crippen molar-refractivity contribution in [2.75, 3.05) is 37.5 Å². The Labute approximate surface area is 127 Å². The van der Waals surface area contributed by atoms with Crippen LogP contribution >= 0.6 is 12.2 Å². The number of thiocarbonyl (C=S) groups is 1. The van der Waals surface area contributed by atoms with E-state index in [1.54, 1.807) is 19.2 Å². The molecule has 1 aliphatic rings. The summed E-state index contributed by atoms with van der Waals surface area (Å²) in [6, 6.07) is 4.53. The van der Waals surface area contributed by atoms with Crippen LogP contribution in [0.15, 0.2) is 18.2 Å². The van der Waals surface area contributed by atoms with E-state index in [1.165, 1.54) is 18.1 Å². The molecule has 1 amide bonds. The first-order valence-electron chi connectivity index (χ1n) is 6.32. The lowest BCUT2D eigenvalue weighted by atomic mass is 10.2. The summed E-state index contributed by atoms with van der Waals surface area (Å²) < 4.78 is 23.7. The predicted molar refractivity (Wildman–Crippen MR) is 81.2 cm³/mol. The van der Waals surface area contributed by atoms with Gasteiger partial charge in [0.15, 0.2) is 0 Å². The molecule has 1 aliphatic heterocycles. The Hall–Kier alpha value is -2.09. The second kappa shape index (κ2) is 6.57. The van der Waals surface area contributed by atoms with E-state index in [9.17, 15) is 9.18 Å². The van der Waals surface area contributed by atoms with Crippen LogP contribution in [0, 0.1) is 5.82 Å². The standard InChI is InChI=1S/C13H16FN3O3S/c1-15-11-4-3-8(5-10(11)14)17-7-9(20-13(17)18)6-16-12(21)19-2/h3-5,9,15H,6-7H2,1-2H3,(H,16,21). The number of hydrogen-bond donors (Lipinski definition) is 2. The maximum Gasteiger partial charge on any atom is 0.414 e. The van der Waals surface area contributed by atoms with E-state index in [-0.39, 0.29) is 11.3 Å². The van der Waals surface area contributed by atoms with Gasteiger partial charge in [0, 0.05) is 7.05 Å². The fourth-order valence-electron chi connectivity index (χ4n) is 1.98. The van der Waals surface area contributed by atoms with Gasteiger partial charge >= 0.3 is 6.09 Å². The summed E-state index contributed by atoms with van der Waals surface area (Å²) in [5.74, 6) is -0.426. The molecule has 0 bridgehead atoms. The minimum Gasteiger partial charge on any atom is -0.474 e. The topological polar surface area (TPSA) is 62.8 Å². The maximum atomic E-state index is 13.7. The molecule has 21 heavy (non-hydrogen) atoms. The summed E-state index contributed by atoms with van der Waals surface area (Å²) in [6.07, 6.45) is -0.889. The van der Waals surface area contributed by atoms with Crippen molar-refractivity contribution in [3.63, 3.8) is 0 Å². The van der Waals surface area contributed by atoms with Crippen molar-refractivity contribution in [3.8, 4) is 0 Å². The summed E-state index contributed by atoms with van der Waals surface area (Å²) >= 11 is 4.84. The molecule has 0 aromatic heterocycles. The van der Waals surface area contributed by atoms with Gasteiger partial charge in [-0.25, -0.2) is 9.18 Å². The number of halogens is 1. The largest absolute Gasteiger partial charge is 0.474 e. The molecular weight excluding hydrogens is 297 g/mol. The van der Waals surface area contributed by atoms with Gasteiger partial charge in [0.1, 0.15) is 11.9 Å². The smallest absolute Gasteiger partial charge is 0.414 e. The van der Waals surface area contributed by atoms with Gasteiger partial charge in [-0.15, -0.1) is 0 Å². The van der Waals surface area contributed by atoms with Crippen LogP contribution in [-0.2, 0) is 9.47 Å². The van der Waals surface area contributed by atoms with E-state index in [0.717, 1.165) is 0 Å². The van der Waals surface area contributed by atoms with Crippen LogP contribution in [0.3, 0.4) is 0 Å². The second-order valence-electron chi connectivity index (χ2n) is 4.40. The number of nitrogens with zero attached hydrogens (tertiary/aromatic N) is 1. The Morgan fingerprint density at radius 3 is 3.00 bits per heavy atom. The summed E-state index contributed by atoms with van der Waals surface area (Å²) in [4.78, 5) is 13.2. The van der Waals surface area contributed by atoms with Crippen LogP contribution in [-0.4, -0.2) is 44.6 Å². The molecule has 114 valence electrons. The number of amides is 1. The fourth-order valence-corrected chi connectivity index (χ4v) is 2.07. The van der Waals surface area contributed by atoms with Gasteiger partial charge in [0.05, 0.1) is 31.6 Å². The Morgan fingerprint density at radius 2 is 2.38 bits per heavy atom. The van der Waals surface area contributed by atoms with Crippen molar-refractivity contribution in [1.82, 2.24) is 5.32 Å².